The zero-order valence-electron chi connectivity index (χ0n) is 45.6. The van der Waals surface area contributed by atoms with Crippen molar-refractivity contribution < 1.29 is 56.2 Å². The highest BCUT2D eigenvalue weighted by Gasteiger charge is 2.48. The molecule has 0 aromatic carbocycles. The molecule has 13 heteroatoms. The highest BCUT2D eigenvalue weighted by atomic mass is 32.3. The fraction of sp³-hybridized carbons (Fsp3) is 0.914. The summed E-state index contributed by atoms with van der Waals surface area (Å²) in [6, 6.07) is 0. The maximum absolute atomic E-state index is 13.0. The second-order valence-electron chi connectivity index (χ2n) is 20.6. The molecule has 420 valence electrons. The molecule has 4 N–H and O–H groups in total. The molecule has 6 atom stereocenters. The number of hydrogen-bond donors (Lipinski definition) is 4. The first-order valence-corrected chi connectivity index (χ1v) is 31.0. The van der Waals surface area contributed by atoms with Crippen molar-refractivity contribution >= 4 is 16.4 Å². The van der Waals surface area contributed by atoms with E-state index in [1.807, 2.05) is 0 Å². The Hall–Kier alpha value is -1.42. The third kappa shape index (κ3) is 42.5. The number of aliphatic hydroxyl groups excluding tert-OH is 3. The first kappa shape index (κ1) is 67.6. The number of rotatable bonds is 53. The van der Waals surface area contributed by atoms with Crippen molar-refractivity contribution in [2.75, 3.05) is 26.4 Å². The number of carbonyl (C=O) groups is 1. The van der Waals surface area contributed by atoms with Crippen LogP contribution in [0, 0.1) is 0 Å². The minimum Gasteiger partial charge on any atom is -0.457 e. The van der Waals surface area contributed by atoms with Gasteiger partial charge in [-0.05, 0) is 44.9 Å². The van der Waals surface area contributed by atoms with Gasteiger partial charge in [-0.2, -0.15) is 8.42 Å². The Morgan fingerprint density at radius 2 is 0.930 bits per heavy atom. The van der Waals surface area contributed by atoms with Crippen LogP contribution in [0.1, 0.15) is 277 Å². The van der Waals surface area contributed by atoms with Crippen LogP contribution >= 0.6 is 0 Å². The maximum atomic E-state index is 13.0. The molecule has 0 amide bonds. The molecule has 0 spiro atoms. The number of aliphatic hydroxyl groups is 3. The zero-order chi connectivity index (χ0) is 51.7. The smallest absolute Gasteiger partial charge is 0.397 e. The summed E-state index contributed by atoms with van der Waals surface area (Å²) in [6.07, 6.45) is 50.7. The van der Waals surface area contributed by atoms with Crippen LogP contribution in [-0.2, 0) is 38.3 Å². The van der Waals surface area contributed by atoms with Gasteiger partial charge in [-0.25, -0.2) is 4.18 Å². The molecule has 0 saturated carbocycles. The summed E-state index contributed by atoms with van der Waals surface area (Å²) >= 11 is 0. The fourth-order valence-corrected chi connectivity index (χ4v) is 9.86. The van der Waals surface area contributed by atoms with Crippen LogP contribution in [0.25, 0.3) is 0 Å². The van der Waals surface area contributed by atoms with Crippen molar-refractivity contribution in [3.63, 3.8) is 0 Å². The van der Waals surface area contributed by atoms with Crippen molar-refractivity contribution in [2.24, 2.45) is 0 Å². The highest BCUT2D eigenvalue weighted by molar-refractivity contribution is 7.80. The summed E-state index contributed by atoms with van der Waals surface area (Å²) in [4.78, 5) is 13.0. The van der Waals surface area contributed by atoms with Crippen LogP contribution in [0.5, 0.6) is 0 Å². The number of allylic oxidation sites excluding steroid dienone is 4. The van der Waals surface area contributed by atoms with E-state index in [0.717, 1.165) is 44.9 Å². The standard InChI is InChI=1S/C58H110O12S/c1-3-5-7-9-11-13-15-17-19-21-23-25-27-29-31-33-35-37-39-41-43-45-47-54(60)68-52(51-67-58-56(62)57(70-71(63,64)65)55(61)53(49-59)69-58)50-66-48-46-44-42-40-38-36-34-32-30-28-26-24-22-20-18-16-14-12-10-8-6-4-2/h16,18,22,24,52-53,55-59,61-62H,3-15,17,19-21,23,25-51H2,1-2H3,(H,63,64,65)/b18-16-,24-22-. The van der Waals surface area contributed by atoms with Gasteiger partial charge in [-0.3, -0.25) is 9.35 Å². The summed E-state index contributed by atoms with van der Waals surface area (Å²) < 4.78 is 59.5. The Labute approximate surface area is 435 Å². The molecule has 0 aromatic rings. The molecule has 0 radical (unpaired) electrons. The lowest BCUT2D eigenvalue weighted by molar-refractivity contribution is -0.301. The van der Waals surface area contributed by atoms with Crippen LogP contribution in [-0.4, -0.2) is 97.5 Å². The van der Waals surface area contributed by atoms with Crippen molar-refractivity contribution in [3.05, 3.63) is 24.3 Å². The first-order chi connectivity index (χ1) is 34.6. The minimum absolute atomic E-state index is 0.0387. The molecule has 1 aliphatic heterocycles. The monoisotopic (exact) mass is 1030 g/mol. The molecule has 0 aliphatic carbocycles. The molecule has 1 saturated heterocycles. The van der Waals surface area contributed by atoms with Crippen LogP contribution in [0.2, 0.25) is 0 Å². The van der Waals surface area contributed by atoms with E-state index in [1.165, 1.54) is 205 Å². The normalized spacial score (nSPS) is 19.1. The van der Waals surface area contributed by atoms with Crippen molar-refractivity contribution in [3.8, 4) is 0 Å². The van der Waals surface area contributed by atoms with Gasteiger partial charge in [-0.15, -0.1) is 0 Å². The third-order valence-electron chi connectivity index (χ3n) is 13.8. The first-order valence-electron chi connectivity index (χ1n) is 29.6. The minimum atomic E-state index is -5.07. The third-order valence-corrected chi connectivity index (χ3v) is 14.3. The molecule has 1 heterocycles. The zero-order valence-corrected chi connectivity index (χ0v) is 46.4. The van der Waals surface area contributed by atoms with Gasteiger partial charge in [-0.1, -0.05) is 250 Å². The van der Waals surface area contributed by atoms with E-state index in [-0.39, 0.29) is 19.6 Å². The number of carbonyl (C=O) groups excluding carboxylic acids is 1. The second-order valence-corrected chi connectivity index (χ2v) is 21.6. The van der Waals surface area contributed by atoms with Crippen LogP contribution in [0.4, 0.5) is 0 Å². The second kappa shape index (κ2) is 49.5. The Morgan fingerprint density at radius 1 is 0.535 bits per heavy atom. The van der Waals surface area contributed by atoms with Crippen molar-refractivity contribution in [1.82, 2.24) is 0 Å². The van der Waals surface area contributed by atoms with Gasteiger partial charge in [0.25, 0.3) is 0 Å². The summed E-state index contributed by atoms with van der Waals surface area (Å²) in [5, 5.41) is 30.9. The molecule has 71 heavy (non-hydrogen) atoms. The van der Waals surface area contributed by atoms with Gasteiger partial charge in [0.2, 0.25) is 0 Å². The lowest BCUT2D eigenvalue weighted by atomic mass is 9.99. The van der Waals surface area contributed by atoms with Gasteiger partial charge < -0.3 is 34.3 Å². The van der Waals surface area contributed by atoms with Crippen molar-refractivity contribution in [2.45, 2.75) is 314 Å². The molecular weight excluding hydrogens is 921 g/mol. The van der Waals surface area contributed by atoms with Gasteiger partial charge in [0.15, 0.2) is 6.29 Å². The van der Waals surface area contributed by atoms with Gasteiger partial charge in [0.1, 0.15) is 30.5 Å². The van der Waals surface area contributed by atoms with Gasteiger partial charge >= 0.3 is 16.4 Å². The van der Waals surface area contributed by atoms with Crippen LogP contribution < -0.4 is 0 Å². The number of unbranched alkanes of at least 4 members (excludes halogenated alkanes) is 36. The van der Waals surface area contributed by atoms with Gasteiger partial charge in [0.05, 0.1) is 19.8 Å². The topological polar surface area (TPSA) is 178 Å². The van der Waals surface area contributed by atoms with E-state index in [4.69, 9.17) is 18.9 Å². The van der Waals surface area contributed by atoms with Crippen molar-refractivity contribution in [1.29, 1.82) is 0 Å². The van der Waals surface area contributed by atoms with E-state index in [1.54, 1.807) is 0 Å². The summed E-state index contributed by atoms with van der Waals surface area (Å²) in [7, 11) is -5.07. The Balaban J connectivity index is 2.28. The van der Waals surface area contributed by atoms with E-state index >= 15 is 0 Å². The molecular formula is C58H110O12S. The number of hydrogen-bond acceptors (Lipinski definition) is 11. The highest BCUT2D eigenvalue weighted by Crippen LogP contribution is 2.26. The van der Waals surface area contributed by atoms with E-state index < -0.39 is 59.8 Å². The summed E-state index contributed by atoms with van der Waals surface area (Å²) in [5.74, 6) is -0.393. The Bertz CT molecular complexity index is 1330. The largest absolute Gasteiger partial charge is 0.457 e. The van der Waals surface area contributed by atoms with Crippen LogP contribution in [0.15, 0.2) is 24.3 Å². The molecule has 12 nitrogen and oxygen atoms in total. The number of esters is 1. The van der Waals surface area contributed by atoms with E-state index in [0.29, 0.717) is 13.0 Å². The molecule has 1 rings (SSSR count). The summed E-state index contributed by atoms with van der Waals surface area (Å²) in [5.41, 5.74) is 0. The van der Waals surface area contributed by atoms with E-state index in [2.05, 4.69) is 42.3 Å². The molecule has 1 fully saturated rings. The number of ether oxygens (including phenoxy) is 4. The molecule has 1 aliphatic rings. The lowest BCUT2D eigenvalue weighted by Crippen LogP contribution is -2.60. The molecule has 0 aromatic heterocycles. The maximum Gasteiger partial charge on any atom is 0.397 e. The predicted octanol–water partition coefficient (Wildman–Crippen LogP) is 14.7. The average molecular weight is 1030 g/mol. The Kier molecular flexibility index (Phi) is 47.1. The van der Waals surface area contributed by atoms with E-state index in [9.17, 15) is 33.1 Å². The fourth-order valence-electron chi connectivity index (χ4n) is 9.35. The average Bonchev–Trinajstić information content (AvgIpc) is 3.35. The molecule has 6 unspecified atom stereocenters. The lowest BCUT2D eigenvalue weighted by Gasteiger charge is -2.41. The quantitative estimate of drug-likeness (QED) is 0.0196. The molecule has 0 bridgehead atoms. The predicted molar refractivity (Wildman–Crippen MR) is 290 cm³/mol. The Morgan fingerprint density at radius 3 is 1.34 bits per heavy atom. The summed E-state index contributed by atoms with van der Waals surface area (Å²) in [6.45, 7) is 4.04. The van der Waals surface area contributed by atoms with Gasteiger partial charge in [0, 0.05) is 13.0 Å². The van der Waals surface area contributed by atoms with Crippen LogP contribution in [0.3, 0.4) is 0 Å². The SMILES string of the molecule is CCCCCCC/C=C\C/C=C\CCCCCCCCCCCCOCC(COC1OC(CO)C(O)C(OS(=O)(=O)O)C1O)OC(=O)CCCCCCCCCCCCCCCCCCCCCCCC.